The van der Waals surface area contributed by atoms with Crippen LogP contribution >= 0.6 is 0 Å². The molecular weight excluding hydrogens is 502 g/mol. The van der Waals surface area contributed by atoms with Gasteiger partial charge in [0.25, 0.3) is 0 Å². The maximum absolute atomic E-state index is 6.46. The van der Waals surface area contributed by atoms with Crippen LogP contribution in [0, 0.1) is 0 Å². The molecule has 3 heteroatoms. The van der Waals surface area contributed by atoms with Crippen molar-refractivity contribution in [2.24, 2.45) is 0 Å². The van der Waals surface area contributed by atoms with Gasteiger partial charge in [-0.1, -0.05) is 84.9 Å². The normalized spacial score (nSPS) is 12.4. The van der Waals surface area contributed by atoms with Gasteiger partial charge in [0.2, 0.25) is 0 Å². The third-order valence-corrected chi connectivity index (χ3v) is 8.77. The van der Waals surface area contributed by atoms with Crippen LogP contribution < -0.4 is 0 Å². The molecule has 0 aliphatic rings. The van der Waals surface area contributed by atoms with E-state index in [4.69, 9.17) is 8.83 Å². The van der Waals surface area contributed by atoms with Crippen molar-refractivity contribution >= 4 is 76.5 Å². The first-order chi connectivity index (χ1) is 20.3. The number of fused-ring (bicyclic) bond motifs is 6. The summed E-state index contributed by atoms with van der Waals surface area (Å²) in [4.78, 5) is 0. The lowest BCUT2D eigenvalue weighted by Crippen LogP contribution is -1.93. The summed E-state index contributed by atoms with van der Waals surface area (Å²) in [5.41, 5.74) is 9.50. The van der Waals surface area contributed by atoms with Crippen LogP contribution in [0.15, 0.2) is 136 Å². The molecule has 41 heavy (non-hydrogen) atoms. The summed E-state index contributed by atoms with van der Waals surface area (Å²) in [7, 11) is 0. The van der Waals surface area contributed by atoms with Gasteiger partial charge < -0.3 is 13.4 Å². The molecule has 0 fully saturated rings. The van der Waals surface area contributed by atoms with Crippen molar-refractivity contribution in [2.45, 2.75) is 0 Å². The summed E-state index contributed by atoms with van der Waals surface area (Å²) in [6.45, 7) is 0. The second kappa shape index (κ2) is 7.56. The summed E-state index contributed by atoms with van der Waals surface area (Å²) in [5.74, 6) is 0. The highest BCUT2D eigenvalue weighted by Gasteiger charge is 2.21. The summed E-state index contributed by atoms with van der Waals surface area (Å²) in [5, 5.41) is 9.60. The molecule has 0 N–H and O–H groups in total. The summed E-state index contributed by atoms with van der Waals surface area (Å²) in [6, 6.07) is 45.2. The Morgan fingerprint density at radius 1 is 0.415 bits per heavy atom. The Labute approximate surface area is 233 Å². The SMILES string of the molecule is c1ccc2c(c1)oc1ccc(-n3c4cccc5ccc6c(-c7cccc8c7oc7ccccc78)ccc3c6c54)cc12. The van der Waals surface area contributed by atoms with E-state index in [9.17, 15) is 0 Å². The Balaban J connectivity index is 1.30. The number of hydrogen-bond acceptors (Lipinski definition) is 2. The van der Waals surface area contributed by atoms with Crippen molar-refractivity contribution in [3.05, 3.63) is 127 Å². The van der Waals surface area contributed by atoms with Gasteiger partial charge in [-0.25, -0.2) is 0 Å². The molecule has 3 heterocycles. The molecule has 0 aliphatic carbocycles. The Hall–Kier alpha value is -5.54. The Kier molecular flexibility index (Phi) is 3.93. The van der Waals surface area contributed by atoms with Gasteiger partial charge >= 0.3 is 0 Å². The second-order valence-electron chi connectivity index (χ2n) is 10.9. The molecular formula is C38H21NO2. The van der Waals surface area contributed by atoms with E-state index in [0.29, 0.717) is 0 Å². The molecule has 0 spiro atoms. The van der Waals surface area contributed by atoms with Gasteiger partial charge in [-0.05, 0) is 58.8 Å². The predicted octanol–water partition coefficient (Wildman–Crippen LogP) is 10.8. The highest BCUT2D eigenvalue weighted by molar-refractivity contribution is 6.27. The van der Waals surface area contributed by atoms with E-state index >= 15 is 0 Å². The molecule has 10 aromatic rings. The predicted molar refractivity (Wildman–Crippen MR) is 169 cm³/mol. The zero-order valence-corrected chi connectivity index (χ0v) is 21.9. The molecule has 0 radical (unpaired) electrons. The number of furan rings is 2. The lowest BCUT2D eigenvalue weighted by atomic mass is 9.94. The molecule has 7 aromatic carbocycles. The maximum atomic E-state index is 6.46. The van der Waals surface area contributed by atoms with E-state index in [1.54, 1.807) is 0 Å². The smallest absolute Gasteiger partial charge is 0.143 e. The quantitative estimate of drug-likeness (QED) is 0.211. The molecule has 0 unspecified atom stereocenters. The first-order valence-corrected chi connectivity index (χ1v) is 13.9. The van der Waals surface area contributed by atoms with Crippen molar-refractivity contribution in [2.75, 3.05) is 0 Å². The number of nitrogens with zero attached hydrogens (tertiary/aromatic N) is 1. The topological polar surface area (TPSA) is 31.2 Å². The zero-order chi connectivity index (χ0) is 26.7. The largest absolute Gasteiger partial charge is 0.456 e. The number of rotatable bonds is 2. The van der Waals surface area contributed by atoms with E-state index in [1.165, 1.54) is 38.1 Å². The van der Waals surface area contributed by atoms with Crippen LogP contribution in [0.2, 0.25) is 0 Å². The van der Waals surface area contributed by atoms with Crippen LogP contribution in [0.5, 0.6) is 0 Å². The Morgan fingerprint density at radius 2 is 1.15 bits per heavy atom. The summed E-state index contributed by atoms with van der Waals surface area (Å²) >= 11 is 0. The van der Waals surface area contributed by atoms with Gasteiger partial charge in [0.05, 0.1) is 11.0 Å². The van der Waals surface area contributed by atoms with E-state index < -0.39 is 0 Å². The van der Waals surface area contributed by atoms with Crippen LogP contribution in [-0.4, -0.2) is 4.57 Å². The zero-order valence-electron chi connectivity index (χ0n) is 21.9. The molecule has 0 bridgehead atoms. The van der Waals surface area contributed by atoms with Gasteiger partial charge in [-0.2, -0.15) is 0 Å². The average Bonchev–Trinajstić information content (AvgIpc) is 3.70. The van der Waals surface area contributed by atoms with Gasteiger partial charge in [-0.3, -0.25) is 0 Å². The molecule has 0 saturated carbocycles. The summed E-state index contributed by atoms with van der Waals surface area (Å²) in [6.07, 6.45) is 0. The fraction of sp³-hybridized carbons (Fsp3) is 0. The molecule has 0 aliphatic heterocycles. The lowest BCUT2D eigenvalue weighted by Gasteiger charge is -2.10. The fourth-order valence-corrected chi connectivity index (χ4v) is 7.01. The highest BCUT2D eigenvalue weighted by atomic mass is 16.3. The molecule has 3 aromatic heterocycles. The van der Waals surface area contributed by atoms with Crippen molar-refractivity contribution in [1.29, 1.82) is 0 Å². The van der Waals surface area contributed by atoms with Crippen LogP contribution in [-0.2, 0) is 0 Å². The standard InChI is InChI=1S/C38H21NO2/c1-4-14-34-25(8-1)29-11-6-10-28(38(29)41-34)24-18-19-32-37-27(24)17-15-22-7-5-12-31(36(22)37)39(32)23-16-20-35-30(21-23)26-9-2-3-13-33(26)40-35/h1-21H. The van der Waals surface area contributed by atoms with Crippen LogP contribution in [0.1, 0.15) is 0 Å². The second-order valence-corrected chi connectivity index (χ2v) is 10.9. The van der Waals surface area contributed by atoms with Gasteiger partial charge in [0.1, 0.15) is 22.3 Å². The Bertz CT molecular complexity index is 2650. The van der Waals surface area contributed by atoms with E-state index in [1.807, 2.05) is 24.3 Å². The average molecular weight is 524 g/mol. The molecule has 3 nitrogen and oxygen atoms in total. The van der Waals surface area contributed by atoms with Crippen LogP contribution in [0.3, 0.4) is 0 Å². The fourth-order valence-electron chi connectivity index (χ4n) is 7.01. The van der Waals surface area contributed by atoms with Crippen LogP contribution in [0.4, 0.5) is 0 Å². The van der Waals surface area contributed by atoms with Crippen molar-refractivity contribution in [1.82, 2.24) is 4.57 Å². The minimum absolute atomic E-state index is 0.907. The van der Waals surface area contributed by atoms with Crippen LogP contribution in [0.25, 0.3) is 93.3 Å². The van der Waals surface area contributed by atoms with Crippen molar-refractivity contribution in [3.8, 4) is 16.8 Å². The van der Waals surface area contributed by atoms with E-state index in [2.05, 4.69) is 108 Å². The van der Waals surface area contributed by atoms with Gasteiger partial charge in [-0.15, -0.1) is 0 Å². The highest BCUT2D eigenvalue weighted by Crippen LogP contribution is 2.45. The molecule has 0 atom stereocenters. The number of aromatic nitrogens is 1. The minimum atomic E-state index is 0.907. The monoisotopic (exact) mass is 523 g/mol. The molecule has 0 amide bonds. The maximum Gasteiger partial charge on any atom is 0.143 e. The number of para-hydroxylation sites is 3. The van der Waals surface area contributed by atoms with Gasteiger partial charge in [0, 0.05) is 43.6 Å². The lowest BCUT2D eigenvalue weighted by molar-refractivity contribution is 0.669. The van der Waals surface area contributed by atoms with E-state index in [-0.39, 0.29) is 0 Å². The van der Waals surface area contributed by atoms with Crippen molar-refractivity contribution in [3.63, 3.8) is 0 Å². The number of hydrogen-bond donors (Lipinski definition) is 0. The minimum Gasteiger partial charge on any atom is -0.456 e. The molecule has 190 valence electrons. The summed E-state index contributed by atoms with van der Waals surface area (Å²) < 4.78 is 15.0. The Morgan fingerprint density at radius 3 is 2.05 bits per heavy atom. The van der Waals surface area contributed by atoms with E-state index in [0.717, 1.165) is 55.1 Å². The molecule has 0 saturated heterocycles. The third kappa shape index (κ3) is 2.72. The number of benzene rings is 7. The first-order valence-electron chi connectivity index (χ1n) is 13.9. The third-order valence-electron chi connectivity index (χ3n) is 8.77. The van der Waals surface area contributed by atoms with Gasteiger partial charge in [0.15, 0.2) is 0 Å². The molecule has 10 rings (SSSR count). The van der Waals surface area contributed by atoms with Crippen molar-refractivity contribution < 1.29 is 8.83 Å². The first kappa shape index (κ1) is 21.3.